The predicted octanol–water partition coefficient (Wildman–Crippen LogP) is 1.44. The highest BCUT2D eigenvalue weighted by atomic mass is 14.7. The fourth-order valence-electron chi connectivity index (χ4n) is 1.06. The summed E-state index contributed by atoms with van der Waals surface area (Å²) in [5.41, 5.74) is 2.17. The van der Waals surface area contributed by atoms with Crippen molar-refractivity contribution in [1.29, 1.82) is 10.5 Å². The molecule has 1 aromatic rings. The molecule has 3 heteroatoms. The van der Waals surface area contributed by atoms with Gasteiger partial charge in [-0.3, -0.25) is 4.98 Å². The van der Waals surface area contributed by atoms with Crippen molar-refractivity contribution in [3.05, 3.63) is 28.6 Å². The van der Waals surface area contributed by atoms with E-state index in [9.17, 15) is 0 Å². The van der Waals surface area contributed by atoms with Crippen molar-refractivity contribution in [2.24, 2.45) is 0 Å². The second kappa shape index (κ2) is 3.02. The summed E-state index contributed by atoms with van der Waals surface area (Å²) < 4.78 is 0. The molecule has 0 unspecified atom stereocenters. The highest BCUT2D eigenvalue weighted by Gasteiger charge is 2.06. The molecule has 1 heterocycles. The van der Waals surface area contributed by atoms with Gasteiger partial charge in [0.15, 0.2) is 0 Å². The van der Waals surface area contributed by atoms with Crippen molar-refractivity contribution in [1.82, 2.24) is 4.98 Å². The summed E-state index contributed by atoms with van der Waals surface area (Å²) in [5, 5.41) is 17.3. The number of nitriles is 2. The SMILES string of the molecule is Cc1cc(C#N)c(C#N)c(C)n1. The van der Waals surface area contributed by atoms with Gasteiger partial charge < -0.3 is 0 Å². The summed E-state index contributed by atoms with van der Waals surface area (Å²) in [4.78, 5) is 4.08. The average Bonchev–Trinajstić information content (AvgIpc) is 2.03. The maximum Gasteiger partial charge on any atom is 0.102 e. The molecule has 0 aliphatic rings. The van der Waals surface area contributed by atoms with Crippen LogP contribution in [0, 0.1) is 36.5 Å². The zero-order valence-electron chi connectivity index (χ0n) is 6.92. The van der Waals surface area contributed by atoms with E-state index in [0.29, 0.717) is 16.8 Å². The van der Waals surface area contributed by atoms with E-state index in [4.69, 9.17) is 10.5 Å². The Bertz CT molecular complexity index is 393. The van der Waals surface area contributed by atoms with Crippen LogP contribution >= 0.6 is 0 Å². The predicted molar refractivity (Wildman–Crippen MR) is 43.1 cm³/mol. The molecule has 0 bridgehead atoms. The van der Waals surface area contributed by atoms with Gasteiger partial charge in [-0.15, -0.1) is 0 Å². The minimum atomic E-state index is 0.378. The molecule has 58 valence electrons. The average molecular weight is 157 g/mol. The maximum absolute atomic E-state index is 8.68. The van der Waals surface area contributed by atoms with Crippen LogP contribution in [-0.2, 0) is 0 Å². The summed E-state index contributed by atoms with van der Waals surface area (Å²) >= 11 is 0. The molecule has 0 aliphatic heterocycles. The van der Waals surface area contributed by atoms with Gasteiger partial charge in [-0.1, -0.05) is 0 Å². The van der Waals surface area contributed by atoms with Crippen LogP contribution < -0.4 is 0 Å². The molecule has 1 rings (SSSR count). The summed E-state index contributed by atoms with van der Waals surface area (Å²) in [7, 11) is 0. The lowest BCUT2D eigenvalue weighted by atomic mass is 10.1. The van der Waals surface area contributed by atoms with Crippen LogP contribution in [0.2, 0.25) is 0 Å². The van der Waals surface area contributed by atoms with E-state index in [2.05, 4.69) is 4.98 Å². The van der Waals surface area contributed by atoms with Crippen LogP contribution in [0.5, 0.6) is 0 Å². The molecule has 0 fully saturated rings. The lowest BCUT2D eigenvalue weighted by molar-refractivity contribution is 1.10. The summed E-state index contributed by atoms with van der Waals surface area (Å²) in [6.45, 7) is 3.53. The van der Waals surface area contributed by atoms with E-state index in [1.807, 2.05) is 12.1 Å². The Hall–Kier alpha value is -1.87. The minimum absolute atomic E-state index is 0.378. The van der Waals surface area contributed by atoms with E-state index in [0.717, 1.165) is 5.69 Å². The third-order valence-corrected chi connectivity index (χ3v) is 1.56. The molecule has 0 saturated heterocycles. The Kier molecular flexibility index (Phi) is 2.07. The highest BCUT2D eigenvalue weighted by Crippen LogP contribution is 2.11. The maximum atomic E-state index is 8.68. The van der Waals surface area contributed by atoms with Gasteiger partial charge in [-0.25, -0.2) is 0 Å². The standard InChI is InChI=1S/C9H7N3/c1-6-3-8(4-10)9(5-11)7(2)12-6/h3H,1-2H3. The van der Waals surface area contributed by atoms with Crippen molar-refractivity contribution >= 4 is 0 Å². The van der Waals surface area contributed by atoms with Gasteiger partial charge in [0, 0.05) is 5.69 Å². The number of hydrogen-bond acceptors (Lipinski definition) is 3. The van der Waals surface area contributed by atoms with Crippen LogP contribution in [0.4, 0.5) is 0 Å². The molecule has 1 aromatic heterocycles. The number of pyridine rings is 1. The van der Waals surface area contributed by atoms with Gasteiger partial charge in [0.1, 0.15) is 12.1 Å². The fourth-order valence-corrected chi connectivity index (χ4v) is 1.06. The zero-order chi connectivity index (χ0) is 9.14. The van der Waals surface area contributed by atoms with Crippen molar-refractivity contribution < 1.29 is 0 Å². The second-order valence-corrected chi connectivity index (χ2v) is 2.50. The van der Waals surface area contributed by atoms with E-state index < -0.39 is 0 Å². The molecule has 0 saturated carbocycles. The Morgan fingerprint density at radius 3 is 2.42 bits per heavy atom. The lowest BCUT2D eigenvalue weighted by Gasteiger charge is -1.99. The Balaban J connectivity index is 3.50. The molecule has 0 atom stereocenters. The molecule has 0 spiro atoms. The number of rotatable bonds is 0. The highest BCUT2D eigenvalue weighted by molar-refractivity contribution is 5.48. The number of nitrogens with zero attached hydrogens (tertiary/aromatic N) is 3. The van der Waals surface area contributed by atoms with E-state index in [1.165, 1.54) is 0 Å². The molecular formula is C9H7N3. The molecule has 0 aromatic carbocycles. The summed E-state index contributed by atoms with van der Waals surface area (Å²) in [6.07, 6.45) is 0. The van der Waals surface area contributed by atoms with Gasteiger partial charge in [0.2, 0.25) is 0 Å². The third-order valence-electron chi connectivity index (χ3n) is 1.56. The molecule has 0 radical (unpaired) electrons. The first-order valence-electron chi connectivity index (χ1n) is 3.47. The molecular weight excluding hydrogens is 150 g/mol. The number of hydrogen-bond donors (Lipinski definition) is 0. The molecule has 0 N–H and O–H groups in total. The number of aryl methyl sites for hydroxylation is 2. The van der Waals surface area contributed by atoms with E-state index >= 15 is 0 Å². The van der Waals surface area contributed by atoms with Crippen LogP contribution in [0.25, 0.3) is 0 Å². The van der Waals surface area contributed by atoms with Crippen LogP contribution in [0.3, 0.4) is 0 Å². The molecule has 0 amide bonds. The Morgan fingerprint density at radius 1 is 1.25 bits per heavy atom. The van der Waals surface area contributed by atoms with Crippen molar-refractivity contribution in [2.45, 2.75) is 13.8 Å². The van der Waals surface area contributed by atoms with Gasteiger partial charge in [-0.2, -0.15) is 10.5 Å². The minimum Gasteiger partial charge on any atom is -0.257 e. The van der Waals surface area contributed by atoms with E-state index in [1.54, 1.807) is 19.9 Å². The van der Waals surface area contributed by atoms with Crippen molar-refractivity contribution in [3.63, 3.8) is 0 Å². The summed E-state index contributed by atoms with van der Waals surface area (Å²) in [5.74, 6) is 0. The molecule has 3 nitrogen and oxygen atoms in total. The van der Waals surface area contributed by atoms with Crippen LogP contribution in [0.15, 0.2) is 6.07 Å². The normalized spacial score (nSPS) is 8.67. The van der Waals surface area contributed by atoms with Crippen molar-refractivity contribution in [2.75, 3.05) is 0 Å². The van der Waals surface area contributed by atoms with E-state index in [-0.39, 0.29) is 0 Å². The first-order chi connectivity index (χ1) is 5.69. The first-order valence-corrected chi connectivity index (χ1v) is 3.47. The van der Waals surface area contributed by atoms with Crippen LogP contribution in [0.1, 0.15) is 22.5 Å². The summed E-state index contributed by atoms with van der Waals surface area (Å²) in [6, 6.07) is 5.54. The molecule has 12 heavy (non-hydrogen) atoms. The number of aromatic nitrogens is 1. The quantitative estimate of drug-likeness (QED) is 0.572. The monoisotopic (exact) mass is 157 g/mol. The topological polar surface area (TPSA) is 60.5 Å². The Morgan fingerprint density at radius 2 is 1.92 bits per heavy atom. The lowest BCUT2D eigenvalue weighted by Crippen LogP contribution is -1.94. The fraction of sp³-hybridized carbons (Fsp3) is 0.222. The van der Waals surface area contributed by atoms with Crippen molar-refractivity contribution in [3.8, 4) is 12.1 Å². The Labute approximate surface area is 70.9 Å². The van der Waals surface area contributed by atoms with Gasteiger partial charge in [-0.05, 0) is 19.9 Å². The third kappa shape index (κ3) is 1.26. The smallest absolute Gasteiger partial charge is 0.102 e. The second-order valence-electron chi connectivity index (χ2n) is 2.50. The zero-order valence-corrected chi connectivity index (χ0v) is 6.92. The largest absolute Gasteiger partial charge is 0.257 e. The first kappa shape index (κ1) is 8.23. The van der Waals surface area contributed by atoms with Crippen LogP contribution in [-0.4, -0.2) is 4.98 Å². The van der Waals surface area contributed by atoms with Gasteiger partial charge >= 0.3 is 0 Å². The van der Waals surface area contributed by atoms with Gasteiger partial charge in [0.05, 0.1) is 16.8 Å². The molecule has 0 aliphatic carbocycles. The van der Waals surface area contributed by atoms with Gasteiger partial charge in [0.25, 0.3) is 0 Å².